The first kappa shape index (κ1) is 15.9. The minimum atomic E-state index is -0.0381. The van der Waals surface area contributed by atoms with E-state index in [-0.39, 0.29) is 6.03 Å². The van der Waals surface area contributed by atoms with Gasteiger partial charge in [-0.3, -0.25) is 0 Å². The molecule has 4 N–H and O–H groups in total. The number of carbonyl (C=O) groups excluding carboxylic acids is 1. The lowest BCUT2D eigenvalue weighted by atomic mass is 9.49. The molecular weight excluding hydrogens is 298 g/mol. The summed E-state index contributed by atoms with van der Waals surface area (Å²) in [5.74, 6) is 2.79. The first-order chi connectivity index (χ1) is 11.6. The van der Waals surface area contributed by atoms with Crippen LogP contribution in [-0.4, -0.2) is 12.6 Å². The van der Waals surface area contributed by atoms with Crippen LogP contribution in [0.4, 0.5) is 4.79 Å². The van der Waals surface area contributed by atoms with Gasteiger partial charge < -0.3 is 16.4 Å². The van der Waals surface area contributed by atoms with Crippen LogP contribution in [0.25, 0.3) is 0 Å². The van der Waals surface area contributed by atoms with Crippen molar-refractivity contribution in [2.45, 2.75) is 51.6 Å². The molecule has 0 saturated heterocycles. The van der Waals surface area contributed by atoms with Gasteiger partial charge in [0.2, 0.25) is 0 Å². The van der Waals surface area contributed by atoms with Crippen molar-refractivity contribution in [1.82, 2.24) is 10.6 Å². The molecule has 4 bridgehead atoms. The highest BCUT2D eigenvalue weighted by Crippen LogP contribution is 2.59. The fraction of sp³-hybridized carbons (Fsp3) is 0.650. The minimum Gasteiger partial charge on any atom is -0.338 e. The lowest BCUT2D eigenvalue weighted by molar-refractivity contribution is -0.0498. The molecule has 5 rings (SSSR count). The number of nitrogens with one attached hydrogen (secondary N) is 2. The second kappa shape index (κ2) is 6.40. The second-order valence-corrected chi connectivity index (χ2v) is 8.48. The minimum absolute atomic E-state index is 0.0381. The van der Waals surface area contributed by atoms with Gasteiger partial charge in [-0.15, -0.1) is 0 Å². The number of benzene rings is 1. The van der Waals surface area contributed by atoms with E-state index in [1.807, 2.05) is 18.2 Å². The highest BCUT2D eigenvalue weighted by atomic mass is 16.2. The van der Waals surface area contributed by atoms with Gasteiger partial charge in [0, 0.05) is 19.6 Å². The molecule has 0 aromatic heterocycles. The summed E-state index contributed by atoms with van der Waals surface area (Å²) >= 11 is 0. The zero-order chi connectivity index (χ0) is 16.6. The van der Waals surface area contributed by atoms with Crippen LogP contribution in [0.15, 0.2) is 24.3 Å². The molecule has 2 amide bonds. The Morgan fingerprint density at radius 3 is 2.29 bits per heavy atom. The van der Waals surface area contributed by atoms with E-state index in [1.54, 1.807) is 0 Å². The van der Waals surface area contributed by atoms with Gasteiger partial charge in [-0.25, -0.2) is 4.79 Å². The van der Waals surface area contributed by atoms with E-state index in [0.717, 1.165) is 35.4 Å². The summed E-state index contributed by atoms with van der Waals surface area (Å²) in [4.78, 5) is 12.2. The highest BCUT2D eigenvalue weighted by Gasteiger charge is 2.50. The molecule has 0 atom stereocenters. The maximum Gasteiger partial charge on any atom is 0.315 e. The third-order valence-corrected chi connectivity index (χ3v) is 6.47. The zero-order valence-corrected chi connectivity index (χ0v) is 14.4. The van der Waals surface area contributed by atoms with Gasteiger partial charge in [-0.1, -0.05) is 24.3 Å². The Bertz CT molecular complexity index is 577. The van der Waals surface area contributed by atoms with Crippen LogP contribution in [0.1, 0.15) is 49.7 Å². The highest BCUT2D eigenvalue weighted by molar-refractivity contribution is 5.73. The van der Waals surface area contributed by atoms with Crippen molar-refractivity contribution in [1.29, 1.82) is 0 Å². The molecule has 0 radical (unpaired) electrons. The Morgan fingerprint density at radius 1 is 1.04 bits per heavy atom. The van der Waals surface area contributed by atoms with E-state index >= 15 is 0 Å². The monoisotopic (exact) mass is 327 g/mol. The molecule has 4 aliphatic carbocycles. The lowest BCUT2D eigenvalue weighted by Gasteiger charge is -2.56. The summed E-state index contributed by atoms with van der Waals surface area (Å²) in [5, 5.41) is 6.16. The van der Waals surface area contributed by atoms with Crippen molar-refractivity contribution in [2.24, 2.45) is 28.9 Å². The molecular formula is C20H29N3O. The number of carbonyl (C=O) groups is 1. The molecule has 4 aliphatic rings. The summed E-state index contributed by atoms with van der Waals surface area (Å²) in [7, 11) is 0. The van der Waals surface area contributed by atoms with Crippen molar-refractivity contribution < 1.29 is 4.79 Å². The average Bonchev–Trinajstić information content (AvgIpc) is 2.57. The summed E-state index contributed by atoms with van der Waals surface area (Å²) in [5.41, 5.74) is 8.26. The molecule has 4 saturated carbocycles. The van der Waals surface area contributed by atoms with Crippen molar-refractivity contribution in [2.75, 3.05) is 6.54 Å². The summed E-state index contributed by atoms with van der Waals surface area (Å²) in [6, 6.07) is 8.05. The third kappa shape index (κ3) is 3.30. The summed E-state index contributed by atoms with van der Waals surface area (Å²) in [6.07, 6.45) is 8.34. The smallest absolute Gasteiger partial charge is 0.315 e. The standard InChI is InChI=1S/C20H29N3O/c21-11-14-2-1-3-15(4-14)12-22-19(24)23-13-20-8-16-5-17(9-20)7-18(6-16)10-20/h1-4,16-18H,5-13,21H2,(H2,22,23,24). The van der Waals surface area contributed by atoms with Gasteiger partial charge in [-0.2, -0.15) is 0 Å². The number of urea groups is 1. The second-order valence-electron chi connectivity index (χ2n) is 8.48. The van der Waals surface area contributed by atoms with Gasteiger partial charge in [0.1, 0.15) is 0 Å². The molecule has 4 fully saturated rings. The molecule has 0 heterocycles. The lowest BCUT2D eigenvalue weighted by Crippen LogP contribution is -2.52. The predicted octanol–water partition coefficient (Wildman–Crippen LogP) is 3.16. The van der Waals surface area contributed by atoms with Crippen LogP contribution in [0.5, 0.6) is 0 Å². The topological polar surface area (TPSA) is 67.1 Å². The van der Waals surface area contributed by atoms with Gasteiger partial charge in [0.25, 0.3) is 0 Å². The number of nitrogens with two attached hydrogens (primary N) is 1. The molecule has 0 unspecified atom stereocenters. The Balaban J connectivity index is 1.28. The summed E-state index contributed by atoms with van der Waals surface area (Å²) < 4.78 is 0. The maximum atomic E-state index is 12.2. The molecule has 24 heavy (non-hydrogen) atoms. The van der Waals surface area contributed by atoms with Crippen molar-refractivity contribution in [3.8, 4) is 0 Å². The van der Waals surface area contributed by atoms with Crippen LogP contribution in [0, 0.1) is 23.2 Å². The Hall–Kier alpha value is -1.55. The van der Waals surface area contributed by atoms with E-state index in [9.17, 15) is 4.79 Å². The molecule has 1 aromatic carbocycles. The van der Waals surface area contributed by atoms with Gasteiger partial charge in [-0.05, 0) is 72.8 Å². The van der Waals surface area contributed by atoms with Crippen LogP contribution in [0.3, 0.4) is 0 Å². The van der Waals surface area contributed by atoms with E-state index in [1.165, 1.54) is 38.5 Å². The Morgan fingerprint density at radius 2 is 1.67 bits per heavy atom. The Kier molecular flexibility index (Phi) is 4.25. The summed E-state index contributed by atoms with van der Waals surface area (Å²) in [6.45, 7) is 1.94. The normalized spacial score (nSPS) is 33.5. The van der Waals surface area contributed by atoms with Crippen molar-refractivity contribution in [3.05, 3.63) is 35.4 Å². The van der Waals surface area contributed by atoms with Crippen LogP contribution >= 0.6 is 0 Å². The van der Waals surface area contributed by atoms with Crippen LogP contribution < -0.4 is 16.4 Å². The average molecular weight is 327 g/mol. The number of amides is 2. The zero-order valence-electron chi connectivity index (χ0n) is 14.4. The molecule has 4 heteroatoms. The van der Waals surface area contributed by atoms with E-state index in [0.29, 0.717) is 18.5 Å². The van der Waals surface area contributed by atoms with Crippen LogP contribution in [-0.2, 0) is 13.1 Å². The fourth-order valence-corrected chi connectivity index (χ4v) is 5.89. The SMILES string of the molecule is NCc1cccc(CNC(=O)NCC23CC4CC(CC(C4)C2)C3)c1. The molecule has 0 aliphatic heterocycles. The molecule has 0 spiro atoms. The van der Waals surface area contributed by atoms with Crippen molar-refractivity contribution in [3.63, 3.8) is 0 Å². The Labute approximate surface area is 144 Å². The largest absolute Gasteiger partial charge is 0.338 e. The molecule has 130 valence electrons. The van der Waals surface area contributed by atoms with Gasteiger partial charge in [0.15, 0.2) is 0 Å². The first-order valence-corrected chi connectivity index (χ1v) is 9.44. The van der Waals surface area contributed by atoms with E-state index in [4.69, 9.17) is 5.73 Å². The van der Waals surface area contributed by atoms with E-state index in [2.05, 4.69) is 16.7 Å². The van der Waals surface area contributed by atoms with Crippen LogP contribution in [0.2, 0.25) is 0 Å². The maximum absolute atomic E-state index is 12.2. The molecule has 4 nitrogen and oxygen atoms in total. The first-order valence-electron chi connectivity index (χ1n) is 9.44. The van der Waals surface area contributed by atoms with E-state index < -0.39 is 0 Å². The van der Waals surface area contributed by atoms with Gasteiger partial charge >= 0.3 is 6.03 Å². The molecule has 1 aromatic rings. The fourth-order valence-electron chi connectivity index (χ4n) is 5.89. The quantitative estimate of drug-likeness (QED) is 0.777. The number of hydrogen-bond donors (Lipinski definition) is 3. The predicted molar refractivity (Wildman–Crippen MR) is 95.2 cm³/mol. The number of rotatable bonds is 5. The number of hydrogen-bond acceptors (Lipinski definition) is 2. The van der Waals surface area contributed by atoms with Crippen molar-refractivity contribution >= 4 is 6.03 Å². The third-order valence-electron chi connectivity index (χ3n) is 6.47. The van der Waals surface area contributed by atoms with Gasteiger partial charge in [0.05, 0.1) is 0 Å².